The predicted octanol–water partition coefficient (Wildman–Crippen LogP) is 4.43. The zero-order valence-corrected chi connectivity index (χ0v) is 50.8. The molecule has 0 aliphatic carbocycles. The molecule has 1 amide bonds. The van der Waals surface area contributed by atoms with Gasteiger partial charge in [-0.3, -0.25) is 23.0 Å². The molecule has 4 aromatic rings. The summed E-state index contributed by atoms with van der Waals surface area (Å²) in [6.07, 6.45) is -2.17. The number of aromatic nitrogens is 2. The van der Waals surface area contributed by atoms with Crippen molar-refractivity contribution in [3.05, 3.63) is 97.4 Å². The van der Waals surface area contributed by atoms with Crippen LogP contribution in [0.2, 0.25) is 0 Å². The SMILES string of the molecule is C=c1ccc2c(c1S(=O)(=O)O)Oc1c(ccc(N)c1S(=O)(=O)O)C=2c1ccc(C(=O)NCC(C)(C)SSCOCC#Cc2cn([C@H]3CC(OCSSC(C)(C)C)[C@@H](COP(=O)(O)OP(=O)(O)OP(=O)(O)O)O3)c(=O)nc2N)cc1C(=O)O. The van der Waals surface area contributed by atoms with E-state index in [1.165, 1.54) is 79.7 Å². The molecule has 82 heavy (non-hydrogen) atoms. The van der Waals surface area contributed by atoms with Crippen molar-refractivity contribution in [2.45, 2.75) is 78.8 Å². The zero-order valence-electron chi connectivity index (χ0n) is 43.2. The van der Waals surface area contributed by atoms with Crippen LogP contribution >= 0.6 is 66.6 Å². The number of nitrogens with two attached hydrogens (primary N) is 2. The molecule has 3 aromatic carbocycles. The van der Waals surface area contributed by atoms with Crippen LogP contribution in [-0.2, 0) is 61.3 Å². The summed E-state index contributed by atoms with van der Waals surface area (Å²) in [6.45, 7) is 12.1. The van der Waals surface area contributed by atoms with Crippen LogP contribution in [0.15, 0.2) is 63.2 Å². The van der Waals surface area contributed by atoms with Crippen LogP contribution in [0.4, 0.5) is 11.5 Å². The van der Waals surface area contributed by atoms with E-state index in [1.807, 2.05) is 20.8 Å². The number of fused-ring (bicyclic) bond motifs is 2. The normalized spacial score (nSPS) is 18.0. The molecule has 38 heteroatoms. The highest BCUT2D eigenvalue weighted by molar-refractivity contribution is 8.77. The minimum Gasteiger partial charge on any atom is -0.478 e. The highest BCUT2D eigenvalue weighted by atomic mass is 33.1. The summed E-state index contributed by atoms with van der Waals surface area (Å²) in [5.74, 6) is 1.83. The summed E-state index contributed by atoms with van der Waals surface area (Å²) in [5.41, 5.74) is 9.56. The third-order valence-electron chi connectivity index (χ3n) is 10.8. The maximum atomic E-state index is 13.6. The van der Waals surface area contributed by atoms with Gasteiger partial charge in [0.15, 0.2) is 16.4 Å². The average Bonchev–Trinajstić information content (AvgIpc) is 3.90. The number of amides is 1. The predicted molar refractivity (Wildman–Crippen MR) is 302 cm³/mol. The summed E-state index contributed by atoms with van der Waals surface area (Å²) >= 11 is 0. The molecule has 6 rings (SSSR count). The van der Waals surface area contributed by atoms with Crippen molar-refractivity contribution in [3.8, 4) is 23.3 Å². The highest BCUT2D eigenvalue weighted by Crippen LogP contribution is 2.66. The van der Waals surface area contributed by atoms with E-state index in [0.717, 1.165) is 16.7 Å². The number of nitrogens with zero attached hydrogens (tertiary/aromatic N) is 2. The molecule has 448 valence electrons. The van der Waals surface area contributed by atoms with Gasteiger partial charge in [0.05, 0.1) is 29.5 Å². The van der Waals surface area contributed by atoms with E-state index in [2.05, 4.69) is 37.3 Å². The number of phosphoric acid groups is 3. The minimum atomic E-state index is -5.82. The number of nitrogens with one attached hydrogen (secondary N) is 1. The van der Waals surface area contributed by atoms with E-state index in [0.29, 0.717) is 0 Å². The average molecular weight is 1320 g/mol. The smallest absolute Gasteiger partial charge is 0.478 e. The number of rotatable bonds is 24. The van der Waals surface area contributed by atoms with Crippen LogP contribution in [-0.4, -0.2) is 125 Å². The number of phosphoric ester groups is 1. The van der Waals surface area contributed by atoms with Crippen molar-refractivity contribution in [2.75, 3.05) is 43.1 Å². The summed E-state index contributed by atoms with van der Waals surface area (Å²) < 4.78 is 142. The Bertz CT molecular complexity index is 3810. The Labute approximate surface area is 483 Å². The van der Waals surface area contributed by atoms with E-state index in [-0.39, 0.29) is 80.3 Å². The topological polar surface area (TPSA) is 459 Å². The fourth-order valence-corrected chi connectivity index (χ4v) is 16.3. The number of benzene rings is 3. The number of hydrogen-bond acceptors (Lipinski definition) is 24. The Morgan fingerprint density at radius 1 is 0.902 bits per heavy atom. The second-order valence-electron chi connectivity index (χ2n) is 18.8. The lowest BCUT2D eigenvalue weighted by Gasteiger charge is -2.25. The molecule has 0 radical (unpaired) electrons. The lowest BCUT2D eigenvalue weighted by atomic mass is 9.88. The third-order valence-corrected chi connectivity index (χ3v) is 22.5. The van der Waals surface area contributed by atoms with Gasteiger partial charge in [-0.2, -0.15) is 30.4 Å². The van der Waals surface area contributed by atoms with E-state index in [9.17, 15) is 68.9 Å². The first-order valence-corrected chi connectivity index (χ1v) is 35.0. The summed E-state index contributed by atoms with van der Waals surface area (Å²) in [7, 11) is -22.0. The largest absolute Gasteiger partial charge is 0.490 e. The van der Waals surface area contributed by atoms with Gasteiger partial charge < -0.3 is 60.4 Å². The lowest BCUT2D eigenvalue weighted by molar-refractivity contribution is -0.0543. The van der Waals surface area contributed by atoms with Gasteiger partial charge in [0.1, 0.15) is 41.5 Å². The first-order valence-electron chi connectivity index (χ1n) is 23.0. The fourth-order valence-electron chi connectivity index (χ4n) is 7.58. The van der Waals surface area contributed by atoms with Gasteiger partial charge >= 0.3 is 35.1 Å². The molecular formula is C44H52N5O24P3S6. The Morgan fingerprint density at radius 3 is 2.20 bits per heavy atom. The number of carbonyl (C=O) groups is 2. The van der Waals surface area contributed by atoms with Gasteiger partial charge in [-0.25, -0.2) is 23.3 Å². The molecule has 29 nitrogen and oxygen atoms in total. The van der Waals surface area contributed by atoms with Crippen LogP contribution in [0.3, 0.4) is 0 Å². The molecule has 0 spiro atoms. The van der Waals surface area contributed by atoms with E-state index in [4.69, 9.17) is 44.7 Å². The Morgan fingerprint density at radius 2 is 1.56 bits per heavy atom. The standard InChI is InChI=1S/C44H52N5O24P3S6/c1-23-9-11-27-34(28-13-14-30(45)38(82(64,65)66)36(28)71-35(27)37(23)81(61,62)63)26-12-10-24(16-29(26)41(51)52)40(50)47-20-44(5,6)80-77-21-67-15-7-8-25-18-49(42(53)48-39(25)46)33-17-31(68-22-78-79-43(2,3)4)32(70-33)19-69-75(57,58)73-76(59,60)72-74(54,55)56/h9-14,16,18,31-33H,1,15,17,19-22,45H2,2-6H3,(H,47,50)(H,51,52)(H,57,58)(H,59,60)(H2,46,48,53)(H2,54,55,56)(H,61,62,63)(H,64,65,66)/t31?,32-,33-/m1/s1. The van der Waals surface area contributed by atoms with Crippen LogP contribution in [0.5, 0.6) is 11.5 Å². The first kappa shape index (κ1) is 66.8. The van der Waals surface area contributed by atoms with Crippen molar-refractivity contribution in [1.82, 2.24) is 14.9 Å². The second kappa shape index (κ2) is 26.1. The molecular weight excluding hydrogens is 1270 g/mol. The Kier molecular flexibility index (Phi) is 21.3. The molecule has 12 N–H and O–H groups in total. The molecule has 1 saturated heterocycles. The van der Waals surface area contributed by atoms with Crippen molar-refractivity contribution in [2.24, 2.45) is 0 Å². The second-order valence-corrected chi connectivity index (χ2v) is 32.0. The molecule has 1 fully saturated rings. The maximum Gasteiger partial charge on any atom is 0.490 e. The molecule has 3 unspecified atom stereocenters. The number of anilines is 2. The number of nitrogen functional groups attached to an aromatic ring is 2. The van der Waals surface area contributed by atoms with Crippen molar-refractivity contribution in [3.63, 3.8) is 0 Å². The van der Waals surface area contributed by atoms with Gasteiger partial charge in [0, 0.05) is 50.6 Å². The van der Waals surface area contributed by atoms with Crippen molar-refractivity contribution < 1.29 is 106 Å². The van der Waals surface area contributed by atoms with Gasteiger partial charge in [-0.05, 0) is 55.0 Å². The summed E-state index contributed by atoms with van der Waals surface area (Å²) in [4.78, 5) is 78.8. The Hall–Kier alpha value is -4.31. The molecule has 2 aliphatic rings. The van der Waals surface area contributed by atoms with Crippen LogP contribution in [0.25, 0.3) is 12.2 Å². The van der Waals surface area contributed by atoms with Gasteiger partial charge in [-0.1, -0.05) is 94.5 Å². The highest BCUT2D eigenvalue weighted by Gasteiger charge is 2.44. The third kappa shape index (κ3) is 17.9. The fraction of sp³-hybridized carbons (Fsp3) is 0.364. The molecule has 1 aromatic heterocycles. The molecule has 5 atom stereocenters. The molecule has 0 saturated carbocycles. The zero-order chi connectivity index (χ0) is 61.1. The maximum absolute atomic E-state index is 13.6. The molecule has 3 heterocycles. The summed E-state index contributed by atoms with van der Waals surface area (Å²) in [6, 6.07) is 8.40. The van der Waals surface area contributed by atoms with Crippen LogP contribution in [0, 0.1) is 11.8 Å². The van der Waals surface area contributed by atoms with E-state index in [1.54, 1.807) is 13.8 Å². The van der Waals surface area contributed by atoms with Gasteiger partial charge in [0.2, 0.25) is 0 Å². The number of ether oxygens (including phenoxy) is 4. The minimum absolute atomic E-state index is 0.0396. The number of aromatic carboxylic acids is 1. The number of carboxylic acids is 1. The molecule has 2 aliphatic heterocycles. The van der Waals surface area contributed by atoms with Crippen LogP contribution < -0.4 is 37.6 Å². The Balaban J connectivity index is 1.09. The number of hydrogen-bond donors (Lipinski definition) is 10. The van der Waals surface area contributed by atoms with Crippen LogP contribution in [0.1, 0.15) is 84.7 Å². The lowest BCUT2D eigenvalue weighted by Crippen LogP contribution is -2.36. The molecule has 0 bridgehead atoms. The quantitative estimate of drug-likeness (QED) is 0.00776. The summed E-state index contributed by atoms with van der Waals surface area (Å²) in [5, 5.41) is 12.8. The number of carbonyl (C=O) groups excluding carboxylic acids is 1. The van der Waals surface area contributed by atoms with Gasteiger partial charge in [0.25, 0.3) is 26.1 Å². The van der Waals surface area contributed by atoms with E-state index >= 15 is 0 Å². The van der Waals surface area contributed by atoms with Crippen molar-refractivity contribution in [1.29, 1.82) is 0 Å². The van der Waals surface area contributed by atoms with Crippen molar-refractivity contribution >= 4 is 122 Å². The van der Waals surface area contributed by atoms with E-state index < -0.39 is 124 Å². The number of carboxylic acid groups (broad SMARTS) is 1. The van der Waals surface area contributed by atoms with Gasteiger partial charge in [-0.15, -0.1) is 0 Å². The first-order chi connectivity index (χ1) is 37.8. The monoisotopic (exact) mass is 1320 g/mol.